The Hall–Kier alpha value is -3.89. The average Bonchev–Trinajstić information content (AvgIpc) is 3.24. The Kier molecular flexibility index (Phi) is 8.68. The molecule has 0 saturated carbocycles. The van der Waals surface area contributed by atoms with Gasteiger partial charge in [0, 0.05) is 24.3 Å². The van der Waals surface area contributed by atoms with E-state index in [1.165, 1.54) is 23.1 Å². The molecule has 0 bridgehead atoms. The van der Waals surface area contributed by atoms with Crippen molar-refractivity contribution < 1.29 is 41.8 Å². The lowest BCUT2D eigenvalue weighted by molar-refractivity contribution is -0.151. The quantitative estimate of drug-likeness (QED) is 0.404. The Labute approximate surface area is 205 Å². The molecule has 1 aliphatic heterocycles. The number of hydrogen-bond donors (Lipinski definition) is 1. The van der Waals surface area contributed by atoms with E-state index >= 15 is 0 Å². The van der Waals surface area contributed by atoms with E-state index < -0.39 is 42.1 Å². The molecule has 0 radical (unpaired) electrons. The van der Waals surface area contributed by atoms with Gasteiger partial charge in [0.15, 0.2) is 6.61 Å². The highest BCUT2D eigenvalue weighted by Crippen LogP contribution is 2.30. The molecule has 192 valence electrons. The lowest BCUT2D eigenvalue weighted by Crippen LogP contribution is -2.28. The molecule has 1 aliphatic rings. The number of alkyl halides is 3. The number of unbranched alkanes of at least 4 members (excludes halogenated alkanes) is 1. The lowest BCUT2D eigenvalue weighted by atomic mass is 10.1. The first kappa shape index (κ1) is 26.7. The molecular weight excluding hydrogens is 481 g/mol. The van der Waals surface area contributed by atoms with Gasteiger partial charge < -0.3 is 19.7 Å². The van der Waals surface area contributed by atoms with Crippen LogP contribution < -0.4 is 10.2 Å². The third-order valence-electron chi connectivity index (χ3n) is 5.42. The fraction of sp³-hybridized carbons (Fsp3) is 0.360. The Bertz CT molecular complexity index is 1120. The van der Waals surface area contributed by atoms with Crippen molar-refractivity contribution in [1.82, 2.24) is 0 Å². The van der Waals surface area contributed by atoms with Crippen LogP contribution in [-0.4, -0.2) is 43.5 Å². The smallest absolute Gasteiger partial charge is 0.416 e. The van der Waals surface area contributed by atoms with Gasteiger partial charge in [0.2, 0.25) is 5.91 Å². The molecule has 0 aromatic heterocycles. The predicted molar refractivity (Wildman–Crippen MR) is 123 cm³/mol. The molecule has 1 N–H and O–H groups in total. The molecule has 11 heteroatoms. The topological polar surface area (TPSA) is 102 Å². The number of halogens is 3. The molecule has 36 heavy (non-hydrogen) atoms. The van der Waals surface area contributed by atoms with Gasteiger partial charge in [0.05, 0.1) is 23.7 Å². The summed E-state index contributed by atoms with van der Waals surface area (Å²) < 4.78 is 48.5. The molecule has 2 aromatic carbocycles. The molecule has 8 nitrogen and oxygen atoms in total. The maximum atomic E-state index is 12.8. The van der Waals surface area contributed by atoms with E-state index in [0.29, 0.717) is 17.9 Å². The summed E-state index contributed by atoms with van der Waals surface area (Å²) in [5, 5.41) is 2.24. The summed E-state index contributed by atoms with van der Waals surface area (Å²) in [6.45, 7) is 1.61. The maximum Gasteiger partial charge on any atom is 0.416 e. The molecule has 3 rings (SSSR count). The van der Waals surface area contributed by atoms with Crippen molar-refractivity contribution in [2.45, 2.75) is 32.4 Å². The van der Waals surface area contributed by atoms with Gasteiger partial charge in [-0.1, -0.05) is 19.4 Å². The number of benzene rings is 2. The summed E-state index contributed by atoms with van der Waals surface area (Å²) >= 11 is 0. The zero-order valence-corrected chi connectivity index (χ0v) is 19.5. The number of carbonyl (C=O) groups excluding carboxylic acids is 4. The van der Waals surface area contributed by atoms with Crippen molar-refractivity contribution in [2.75, 3.05) is 30.0 Å². The fourth-order valence-corrected chi connectivity index (χ4v) is 3.51. The first-order valence-electron chi connectivity index (χ1n) is 11.3. The summed E-state index contributed by atoms with van der Waals surface area (Å²) in [5.41, 5.74) is -0.194. The van der Waals surface area contributed by atoms with Crippen LogP contribution in [0.1, 0.15) is 42.1 Å². The van der Waals surface area contributed by atoms with Crippen molar-refractivity contribution in [2.24, 2.45) is 5.92 Å². The van der Waals surface area contributed by atoms with Crippen LogP contribution in [0.3, 0.4) is 0 Å². The van der Waals surface area contributed by atoms with E-state index in [-0.39, 0.29) is 24.6 Å². The minimum atomic E-state index is -4.56. The van der Waals surface area contributed by atoms with E-state index in [1.54, 1.807) is 12.1 Å². The first-order valence-corrected chi connectivity index (χ1v) is 11.3. The molecular formula is C25H25F3N2O6. The van der Waals surface area contributed by atoms with Crippen LogP contribution in [0.15, 0.2) is 48.5 Å². The molecule has 0 aliphatic carbocycles. The summed E-state index contributed by atoms with van der Waals surface area (Å²) in [5.74, 6) is -3.21. The Morgan fingerprint density at radius 1 is 1.08 bits per heavy atom. The standard InChI is InChI=1S/C25H25F3N2O6/c1-2-3-11-35-23(33)16-7-9-20(10-8-16)30-14-17(12-22(30)32)24(34)36-15-21(31)29-19-6-4-5-18(13-19)25(26,27)28/h4-10,13,17H,2-3,11-12,14-15H2,1H3,(H,29,31)/t17-/m0/s1. The van der Waals surface area contributed by atoms with Gasteiger partial charge in [-0.2, -0.15) is 13.2 Å². The zero-order valence-electron chi connectivity index (χ0n) is 19.5. The second-order valence-corrected chi connectivity index (χ2v) is 8.18. The van der Waals surface area contributed by atoms with Crippen molar-refractivity contribution in [1.29, 1.82) is 0 Å². The van der Waals surface area contributed by atoms with Crippen LogP contribution in [0.2, 0.25) is 0 Å². The van der Waals surface area contributed by atoms with Gasteiger partial charge in [-0.15, -0.1) is 0 Å². The van der Waals surface area contributed by atoms with Crippen LogP contribution in [0, 0.1) is 5.92 Å². The van der Waals surface area contributed by atoms with Crippen molar-refractivity contribution in [3.8, 4) is 0 Å². The number of amides is 2. The number of rotatable bonds is 9. The number of ether oxygens (including phenoxy) is 2. The molecule has 1 fully saturated rings. The fourth-order valence-electron chi connectivity index (χ4n) is 3.51. The summed E-state index contributed by atoms with van der Waals surface area (Å²) in [6.07, 6.45) is -3.04. The highest BCUT2D eigenvalue weighted by molar-refractivity contribution is 6.00. The third-order valence-corrected chi connectivity index (χ3v) is 5.42. The van der Waals surface area contributed by atoms with E-state index in [1.807, 2.05) is 6.92 Å². The first-order chi connectivity index (χ1) is 17.1. The second kappa shape index (κ2) is 11.7. The molecule has 2 aromatic rings. The highest BCUT2D eigenvalue weighted by Gasteiger charge is 2.36. The number of anilines is 2. The largest absolute Gasteiger partial charge is 0.462 e. The van der Waals surface area contributed by atoms with Crippen LogP contribution >= 0.6 is 0 Å². The van der Waals surface area contributed by atoms with E-state index in [4.69, 9.17) is 9.47 Å². The molecule has 1 heterocycles. The SMILES string of the molecule is CCCCOC(=O)c1ccc(N2C[C@@H](C(=O)OCC(=O)Nc3cccc(C(F)(F)F)c3)CC2=O)cc1. The van der Waals surface area contributed by atoms with Gasteiger partial charge >= 0.3 is 18.1 Å². The molecule has 1 atom stereocenters. The Balaban J connectivity index is 1.50. The number of carbonyl (C=O) groups is 4. The summed E-state index contributed by atoms with van der Waals surface area (Å²) in [4.78, 5) is 50.2. The maximum absolute atomic E-state index is 12.8. The molecule has 0 spiro atoms. The summed E-state index contributed by atoms with van der Waals surface area (Å²) in [7, 11) is 0. The van der Waals surface area contributed by atoms with E-state index in [9.17, 15) is 32.3 Å². The number of esters is 2. The minimum Gasteiger partial charge on any atom is -0.462 e. The van der Waals surface area contributed by atoms with Gasteiger partial charge in [0.1, 0.15) is 0 Å². The van der Waals surface area contributed by atoms with Crippen LogP contribution in [-0.2, 0) is 30.0 Å². The van der Waals surface area contributed by atoms with Crippen LogP contribution in [0.4, 0.5) is 24.5 Å². The predicted octanol–water partition coefficient (Wildman–Crippen LogP) is 4.20. The second-order valence-electron chi connectivity index (χ2n) is 8.18. The number of hydrogen-bond acceptors (Lipinski definition) is 6. The minimum absolute atomic E-state index is 0.0210. The van der Waals surface area contributed by atoms with Gasteiger partial charge in [0.25, 0.3) is 5.91 Å². The molecule has 1 saturated heterocycles. The number of nitrogens with zero attached hydrogens (tertiary/aromatic N) is 1. The van der Waals surface area contributed by atoms with Crippen LogP contribution in [0.25, 0.3) is 0 Å². The zero-order chi connectivity index (χ0) is 26.3. The highest BCUT2D eigenvalue weighted by atomic mass is 19.4. The lowest BCUT2D eigenvalue weighted by Gasteiger charge is -2.17. The third kappa shape index (κ3) is 7.06. The Morgan fingerprint density at radius 3 is 2.47 bits per heavy atom. The Morgan fingerprint density at radius 2 is 1.81 bits per heavy atom. The monoisotopic (exact) mass is 506 g/mol. The van der Waals surface area contributed by atoms with Crippen molar-refractivity contribution in [3.05, 3.63) is 59.7 Å². The number of nitrogens with one attached hydrogen (secondary N) is 1. The van der Waals surface area contributed by atoms with Crippen LogP contribution in [0.5, 0.6) is 0 Å². The van der Waals surface area contributed by atoms with Gasteiger partial charge in [-0.3, -0.25) is 14.4 Å². The average molecular weight is 506 g/mol. The van der Waals surface area contributed by atoms with Gasteiger partial charge in [-0.05, 0) is 48.9 Å². The van der Waals surface area contributed by atoms with Gasteiger partial charge in [-0.25, -0.2) is 4.79 Å². The molecule has 0 unspecified atom stereocenters. The summed E-state index contributed by atoms with van der Waals surface area (Å²) in [6, 6.07) is 10.3. The normalized spacial score (nSPS) is 15.5. The van der Waals surface area contributed by atoms with Crippen molar-refractivity contribution >= 4 is 35.1 Å². The van der Waals surface area contributed by atoms with E-state index in [2.05, 4.69) is 5.32 Å². The van der Waals surface area contributed by atoms with E-state index in [0.717, 1.165) is 31.0 Å². The molecule has 2 amide bonds. The van der Waals surface area contributed by atoms with Crippen molar-refractivity contribution in [3.63, 3.8) is 0 Å².